The standard InChI is InChI=1S/C27H26ClN5O5S/c1-32(2)12-13-33(39(3,36)37)19-8-6-18(7-9-19)29-25(16-4-11-23-22(14-16)31-27(35)38-23)24-20-10-5-17(28)15-21(20)30-26(24)34/h4-11,14-15,24H,12-13H2,1-3H3,(H,30,34)(H,31,35). The van der Waals surface area contributed by atoms with E-state index in [2.05, 4.69) is 10.3 Å². The van der Waals surface area contributed by atoms with Gasteiger partial charge in [-0.25, -0.2) is 13.2 Å². The molecule has 0 spiro atoms. The van der Waals surface area contributed by atoms with Crippen LogP contribution in [-0.2, 0) is 14.8 Å². The Labute approximate surface area is 230 Å². The minimum Gasteiger partial charge on any atom is -0.408 e. The number of aliphatic imine (C=N–C) groups is 1. The first-order valence-electron chi connectivity index (χ1n) is 12.0. The molecule has 0 aliphatic carbocycles. The molecule has 202 valence electrons. The Bertz CT molecular complexity index is 1760. The van der Waals surface area contributed by atoms with Gasteiger partial charge >= 0.3 is 5.76 Å². The average Bonchev–Trinajstić information content (AvgIpc) is 3.39. The van der Waals surface area contributed by atoms with E-state index in [4.69, 9.17) is 21.0 Å². The summed E-state index contributed by atoms with van der Waals surface area (Å²) in [6.07, 6.45) is 1.17. The first-order valence-corrected chi connectivity index (χ1v) is 14.3. The van der Waals surface area contributed by atoms with Crippen LogP contribution in [0.4, 0.5) is 17.1 Å². The number of carbonyl (C=O) groups is 1. The first-order chi connectivity index (χ1) is 18.5. The van der Waals surface area contributed by atoms with Gasteiger partial charge in [-0.1, -0.05) is 17.7 Å². The topological polar surface area (TPSA) is 128 Å². The molecule has 12 heteroatoms. The lowest BCUT2D eigenvalue weighted by atomic mass is 9.90. The maximum atomic E-state index is 13.2. The third-order valence-corrected chi connectivity index (χ3v) is 7.80. The number of amides is 1. The predicted molar refractivity (Wildman–Crippen MR) is 153 cm³/mol. The van der Waals surface area contributed by atoms with E-state index in [0.717, 1.165) is 0 Å². The van der Waals surface area contributed by atoms with Crippen LogP contribution in [0.1, 0.15) is 17.0 Å². The van der Waals surface area contributed by atoms with Crippen LogP contribution >= 0.6 is 11.6 Å². The fraction of sp³-hybridized carbons (Fsp3) is 0.222. The van der Waals surface area contributed by atoms with Crippen molar-refractivity contribution in [2.75, 3.05) is 43.1 Å². The monoisotopic (exact) mass is 567 g/mol. The molecule has 0 radical (unpaired) electrons. The molecule has 2 N–H and O–H groups in total. The van der Waals surface area contributed by atoms with Crippen molar-refractivity contribution in [2.24, 2.45) is 4.99 Å². The summed E-state index contributed by atoms with van der Waals surface area (Å²) in [7, 11) is 0.254. The first kappa shape index (κ1) is 26.7. The molecule has 1 atom stereocenters. The number of halogens is 1. The molecule has 1 amide bonds. The van der Waals surface area contributed by atoms with Crippen molar-refractivity contribution < 1.29 is 17.6 Å². The summed E-state index contributed by atoms with van der Waals surface area (Å²) in [4.78, 5) is 34.3. The summed E-state index contributed by atoms with van der Waals surface area (Å²) in [5.74, 6) is -1.60. The van der Waals surface area contributed by atoms with Gasteiger partial charge in [-0.2, -0.15) is 0 Å². The molecule has 1 aliphatic heterocycles. The van der Waals surface area contributed by atoms with Crippen LogP contribution in [0.15, 0.2) is 74.9 Å². The van der Waals surface area contributed by atoms with Crippen molar-refractivity contribution in [3.63, 3.8) is 0 Å². The highest BCUT2D eigenvalue weighted by atomic mass is 35.5. The van der Waals surface area contributed by atoms with Crippen LogP contribution in [0, 0.1) is 0 Å². The van der Waals surface area contributed by atoms with Crippen molar-refractivity contribution in [3.8, 4) is 0 Å². The zero-order valence-electron chi connectivity index (χ0n) is 21.4. The van der Waals surface area contributed by atoms with Crippen molar-refractivity contribution in [3.05, 3.63) is 87.4 Å². The fourth-order valence-electron chi connectivity index (χ4n) is 4.52. The van der Waals surface area contributed by atoms with Gasteiger partial charge in [-0.05, 0) is 79.8 Å². The molecule has 0 saturated carbocycles. The molecule has 0 saturated heterocycles. The highest BCUT2D eigenvalue weighted by Crippen LogP contribution is 2.38. The van der Waals surface area contributed by atoms with Crippen LogP contribution in [0.25, 0.3) is 11.1 Å². The number of fused-ring (bicyclic) bond motifs is 2. The van der Waals surface area contributed by atoms with Crippen LogP contribution < -0.4 is 15.4 Å². The van der Waals surface area contributed by atoms with E-state index in [1.54, 1.807) is 60.7 Å². The number of aromatic nitrogens is 1. The maximum absolute atomic E-state index is 13.2. The number of hydrogen-bond acceptors (Lipinski definition) is 7. The zero-order chi connectivity index (χ0) is 27.9. The van der Waals surface area contributed by atoms with E-state index >= 15 is 0 Å². The van der Waals surface area contributed by atoms with E-state index in [-0.39, 0.29) is 5.91 Å². The zero-order valence-corrected chi connectivity index (χ0v) is 23.0. The second-order valence-electron chi connectivity index (χ2n) is 9.53. The van der Waals surface area contributed by atoms with E-state index < -0.39 is 21.7 Å². The second-order valence-corrected chi connectivity index (χ2v) is 11.9. The van der Waals surface area contributed by atoms with Crippen LogP contribution in [0.3, 0.4) is 0 Å². The lowest BCUT2D eigenvalue weighted by Crippen LogP contribution is -2.35. The summed E-state index contributed by atoms with van der Waals surface area (Å²) in [6.45, 7) is 0.847. The number of carbonyl (C=O) groups excluding carboxylic acids is 1. The summed E-state index contributed by atoms with van der Waals surface area (Å²) in [5.41, 5.74) is 4.25. The Morgan fingerprint density at radius 3 is 2.46 bits per heavy atom. The summed E-state index contributed by atoms with van der Waals surface area (Å²) in [6, 6.07) is 17.1. The minimum atomic E-state index is -3.50. The number of nitrogens with zero attached hydrogens (tertiary/aromatic N) is 3. The Morgan fingerprint density at radius 2 is 1.77 bits per heavy atom. The summed E-state index contributed by atoms with van der Waals surface area (Å²) in [5, 5.41) is 3.36. The van der Waals surface area contributed by atoms with Crippen molar-refractivity contribution in [1.29, 1.82) is 0 Å². The summed E-state index contributed by atoms with van der Waals surface area (Å²) >= 11 is 6.15. The number of oxazole rings is 1. The molecule has 39 heavy (non-hydrogen) atoms. The van der Waals surface area contributed by atoms with Gasteiger partial charge < -0.3 is 14.6 Å². The third-order valence-electron chi connectivity index (χ3n) is 6.37. The Hall–Kier alpha value is -3.93. The second kappa shape index (κ2) is 10.3. The smallest absolute Gasteiger partial charge is 0.408 e. The van der Waals surface area contributed by atoms with E-state index in [1.165, 1.54) is 10.6 Å². The predicted octanol–water partition coefficient (Wildman–Crippen LogP) is 3.96. The van der Waals surface area contributed by atoms with Gasteiger partial charge in [0, 0.05) is 23.8 Å². The number of likely N-dealkylation sites (N-methyl/N-ethyl adjacent to an activating group) is 1. The van der Waals surface area contributed by atoms with E-state index in [0.29, 0.717) is 63.1 Å². The van der Waals surface area contributed by atoms with Gasteiger partial charge in [-0.3, -0.25) is 19.1 Å². The highest BCUT2D eigenvalue weighted by Gasteiger charge is 2.35. The molecule has 1 aliphatic rings. The molecule has 0 bridgehead atoms. The lowest BCUT2D eigenvalue weighted by molar-refractivity contribution is -0.115. The van der Waals surface area contributed by atoms with Gasteiger partial charge in [0.15, 0.2) is 5.58 Å². The lowest BCUT2D eigenvalue weighted by Gasteiger charge is -2.24. The average molecular weight is 568 g/mol. The van der Waals surface area contributed by atoms with Crippen LogP contribution in [0.2, 0.25) is 5.02 Å². The van der Waals surface area contributed by atoms with Gasteiger partial charge in [0.05, 0.1) is 28.9 Å². The molecular weight excluding hydrogens is 542 g/mol. The van der Waals surface area contributed by atoms with Crippen LogP contribution in [-0.4, -0.2) is 63.4 Å². The molecule has 3 aromatic carbocycles. The van der Waals surface area contributed by atoms with Crippen LogP contribution in [0.5, 0.6) is 0 Å². The molecule has 10 nitrogen and oxygen atoms in total. The Balaban J connectivity index is 1.59. The maximum Gasteiger partial charge on any atom is 0.417 e. The van der Waals surface area contributed by atoms with Crippen molar-refractivity contribution in [2.45, 2.75) is 5.92 Å². The molecular formula is C27H26ClN5O5S. The third kappa shape index (κ3) is 5.60. The Morgan fingerprint density at radius 1 is 1.03 bits per heavy atom. The largest absolute Gasteiger partial charge is 0.417 e. The number of sulfonamides is 1. The minimum absolute atomic E-state index is 0.268. The van der Waals surface area contributed by atoms with Crippen molar-refractivity contribution >= 4 is 61.4 Å². The van der Waals surface area contributed by atoms with E-state index in [1.807, 2.05) is 19.0 Å². The number of rotatable bonds is 8. The number of H-pyrrole nitrogens is 1. The molecule has 1 unspecified atom stereocenters. The molecule has 4 aromatic rings. The number of aromatic amines is 1. The fourth-order valence-corrected chi connectivity index (χ4v) is 5.61. The van der Waals surface area contributed by atoms with Gasteiger partial charge in [0.25, 0.3) is 0 Å². The SMILES string of the molecule is CN(C)CCN(c1ccc(N=C(c2ccc3oc(=O)[nH]c3c2)C2C(=O)Nc3cc(Cl)ccc32)cc1)S(C)(=O)=O. The molecule has 2 heterocycles. The normalized spacial score (nSPS) is 15.6. The highest BCUT2D eigenvalue weighted by molar-refractivity contribution is 7.92. The summed E-state index contributed by atoms with van der Waals surface area (Å²) < 4.78 is 31.4. The van der Waals surface area contributed by atoms with Crippen molar-refractivity contribution in [1.82, 2.24) is 9.88 Å². The Kier molecular flexibility index (Phi) is 7.06. The molecule has 0 fully saturated rings. The van der Waals surface area contributed by atoms with Gasteiger partial charge in [0.2, 0.25) is 15.9 Å². The number of benzene rings is 3. The van der Waals surface area contributed by atoms with E-state index in [9.17, 15) is 18.0 Å². The quantitative estimate of drug-likeness (QED) is 0.310. The van der Waals surface area contributed by atoms with Gasteiger partial charge in [0.1, 0.15) is 5.92 Å². The molecule has 1 aromatic heterocycles. The number of hydrogen-bond donors (Lipinski definition) is 2. The number of nitrogens with one attached hydrogen (secondary N) is 2. The molecule has 5 rings (SSSR count). The van der Waals surface area contributed by atoms with Gasteiger partial charge in [-0.15, -0.1) is 0 Å². The number of anilines is 2.